The second-order valence-corrected chi connectivity index (χ2v) is 6.51. The minimum Gasteiger partial charge on any atom is -0.270 e. The molecule has 1 aromatic carbocycles. The molecule has 1 N–H and O–H groups in total. The lowest BCUT2D eigenvalue weighted by Crippen LogP contribution is -2.23. The number of rotatable bonds is 5. The third kappa shape index (κ3) is 3.30. The van der Waals surface area contributed by atoms with Crippen LogP contribution >= 0.6 is 0 Å². The fourth-order valence-corrected chi connectivity index (χ4v) is 3.16. The zero-order valence-electron chi connectivity index (χ0n) is 12.2. The molecule has 0 aliphatic rings. The third-order valence-electron chi connectivity index (χ3n) is 3.39. The van der Waals surface area contributed by atoms with E-state index in [2.05, 4.69) is 9.82 Å². The molecule has 2 rings (SSSR count). The van der Waals surface area contributed by atoms with Gasteiger partial charge >= 0.3 is 0 Å². The molecule has 0 spiro atoms. The molecule has 1 heterocycles. The highest BCUT2D eigenvalue weighted by Gasteiger charge is 2.17. The van der Waals surface area contributed by atoms with Gasteiger partial charge in [0.2, 0.25) is 10.0 Å². The molecule has 0 aliphatic heterocycles. The highest BCUT2D eigenvalue weighted by atomic mass is 32.2. The predicted octanol–water partition coefficient (Wildman–Crippen LogP) is 2.14. The average molecular weight is 311 g/mol. The number of hydrogen-bond acceptors (Lipinski definition) is 3. The van der Waals surface area contributed by atoms with Crippen molar-refractivity contribution in [2.24, 2.45) is 0 Å². The zero-order valence-corrected chi connectivity index (χ0v) is 13.0. The number of aryl methyl sites for hydroxylation is 2. The molecule has 0 saturated heterocycles. The molecule has 0 bridgehead atoms. The van der Waals surface area contributed by atoms with Gasteiger partial charge in [-0.15, -0.1) is 0 Å². The van der Waals surface area contributed by atoms with Crippen molar-refractivity contribution in [3.8, 4) is 0 Å². The van der Waals surface area contributed by atoms with Crippen LogP contribution in [0, 0.1) is 19.7 Å². The summed E-state index contributed by atoms with van der Waals surface area (Å²) in [6.07, 6.45) is 0. The minimum atomic E-state index is -3.66. The third-order valence-corrected chi connectivity index (χ3v) is 4.81. The molecule has 2 aromatic rings. The van der Waals surface area contributed by atoms with Gasteiger partial charge < -0.3 is 0 Å². The van der Waals surface area contributed by atoms with Gasteiger partial charge in [0.05, 0.1) is 10.6 Å². The second-order valence-electron chi connectivity index (χ2n) is 4.74. The van der Waals surface area contributed by atoms with Gasteiger partial charge in [-0.05, 0) is 45.0 Å². The Hall–Kier alpha value is -1.73. The van der Waals surface area contributed by atoms with Crippen LogP contribution in [0.1, 0.15) is 23.9 Å². The summed E-state index contributed by atoms with van der Waals surface area (Å²) in [6, 6.07) is 4.74. The van der Waals surface area contributed by atoms with E-state index in [4.69, 9.17) is 0 Å². The predicted molar refractivity (Wildman–Crippen MR) is 77.8 cm³/mol. The summed E-state index contributed by atoms with van der Waals surface area (Å²) in [7, 11) is -3.66. The van der Waals surface area contributed by atoms with Gasteiger partial charge in [-0.1, -0.05) is 0 Å². The molecule has 0 saturated carbocycles. The summed E-state index contributed by atoms with van der Waals surface area (Å²) >= 11 is 0. The summed E-state index contributed by atoms with van der Waals surface area (Å²) in [5.41, 5.74) is 2.61. The van der Waals surface area contributed by atoms with E-state index in [1.54, 1.807) is 0 Å². The highest BCUT2D eigenvalue weighted by Crippen LogP contribution is 2.15. The summed E-state index contributed by atoms with van der Waals surface area (Å²) in [5.74, 6) is -0.468. The van der Waals surface area contributed by atoms with Crippen molar-refractivity contribution < 1.29 is 12.8 Å². The molecule has 114 valence electrons. The van der Waals surface area contributed by atoms with Crippen LogP contribution in [-0.4, -0.2) is 18.2 Å². The molecular formula is C14H18FN3O2S. The fourth-order valence-electron chi connectivity index (χ4n) is 2.16. The highest BCUT2D eigenvalue weighted by molar-refractivity contribution is 7.89. The number of nitrogens with one attached hydrogen (secondary N) is 1. The number of nitrogens with zero attached hydrogens (tertiary/aromatic N) is 2. The maximum Gasteiger partial charge on any atom is 0.240 e. The Bertz CT molecular complexity index is 736. The average Bonchev–Trinajstić information content (AvgIpc) is 2.71. The first-order valence-electron chi connectivity index (χ1n) is 6.63. The SMILES string of the molecule is CCn1nc(C)c(CNS(=O)(=O)c2ccc(F)cc2)c1C. The number of aromatic nitrogens is 2. The first-order chi connectivity index (χ1) is 9.85. The van der Waals surface area contributed by atoms with Crippen molar-refractivity contribution in [1.29, 1.82) is 0 Å². The first-order valence-corrected chi connectivity index (χ1v) is 8.11. The van der Waals surface area contributed by atoms with Crippen LogP contribution in [0.2, 0.25) is 0 Å². The minimum absolute atomic E-state index is 0.0436. The lowest BCUT2D eigenvalue weighted by molar-refractivity contribution is 0.580. The van der Waals surface area contributed by atoms with Crippen LogP contribution < -0.4 is 4.72 Å². The van der Waals surface area contributed by atoms with E-state index >= 15 is 0 Å². The number of halogens is 1. The van der Waals surface area contributed by atoms with Gasteiger partial charge in [-0.25, -0.2) is 17.5 Å². The Morgan fingerprint density at radius 2 is 1.86 bits per heavy atom. The molecule has 0 atom stereocenters. The Kier molecular flexibility index (Phi) is 4.43. The van der Waals surface area contributed by atoms with Crippen LogP contribution in [-0.2, 0) is 23.1 Å². The van der Waals surface area contributed by atoms with Crippen LogP contribution in [0.5, 0.6) is 0 Å². The van der Waals surface area contributed by atoms with Crippen molar-refractivity contribution >= 4 is 10.0 Å². The smallest absolute Gasteiger partial charge is 0.240 e. The molecule has 21 heavy (non-hydrogen) atoms. The molecule has 0 unspecified atom stereocenters. The molecular weight excluding hydrogens is 293 g/mol. The topological polar surface area (TPSA) is 64.0 Å². The van der Waals surface area contributed by atoms with Crippen molar-refractivity contribution in [3.05, 3.63) is 47.0 Å². The maximum atomic E-state index is 12.8. The van der Waals surface area contributed by atoms with E-state index in [9.17, 15) is 12.8 Å². The van der Waals surface area contributed by atoms with Gasteiger partial charge in [0.1, 0.15) is 5.82 Å². The Morgan fingerprint density at radius 3 is 2.38 bits per heavy atom. The summed E-state index contributed by atoms with van der Waals surface area (Å²) < 4.78 is 41.5. The molecule has 0 fully saturated rings. The van der Waals surface area contributed by atoms with E-state index in [1.807, 2.05) is 25.5 Å². The molecule has 0 radical (unpaired) electrons. The maximum absolute atomic E-state index is 12.8. The Labute approximate surface area is 123 Å². The lowest BCUT2D eigenvalue weighted by Gasteiger charge is -2.07. The van der Waals surface area contributed by atoms with E-state index in [0.29, 0.717) is 0 Å². The van der Waals surface area contributed by atoms with E-state index in [-0.39, 0.29) is 11.4 Å². The van der Waals surface area contributed by atoms with Crippen molar-refractivity contribution in [2.45, 2.75) is 38.8 Å². The van der Waals surface area contributed by atoms with Gasteiger partial charge in [0.15, 0.2) is 0 Å². The summed E-state index contributed by atoms with van der Waals surface area (Å²) in [5, 5.41) is 4.35. The van der Waals surface area contributed by atoms with Crippen LogP contribution in [0.15, 0.2) is 29.2 Å². The van der Waals surface area contributed by atoms with E-state index in [1.165, 1.54) is 12.1 Å². The summed E-state index contributed by atoms with van der Waals surface area (Å²) in [6.45, 7) is 6.63. The fraction of sp³-hybridized carbons (Fsp3) is 0.357. The van der Waals surface area contributed by atoms with Gasteiger partial charge in [-0.3, -0.25) is 4.68 Å². The number of benzene rings is 1. The normalized spacial score (nSPS) is 11.8. The quantitative estimate of drug-likeness (QED) is 0.920. The second kappa shape index (κ2) is 5.95. The number of hydrogen-bond donors (Lipinski definition) is 1. The van der Waals surface area contributed by atoms with Crippen molar-refractivity contribution in [2.75, 3.05) is 0 Å². The largest absolute Gasteiger partial charge is 0.270 e. The first kappa shape index (κ1) is 15.7. The molecule has 0 amide bonds. The molecule has 5 nitrogen and oxygen atoms in total. The molecule has 1 aromatic heterocycles. The van der Waals surface area contributed by atoms with E-state index < -0.39 is 15.8 Å². The van der Waals surface area contributed by atoms with Gasteiger partial charge in [-0.2, -0.15) is 5.10 Å². The van der Waals surface area contributed by atoms with Crippen LogP contribution in [0.25, 0.3) is 0 Å². The standard InChI is InChI=1S/C14H18FN3O2S/c1-4-18-11(3)14(10(2)17-18)9-16-21(19,20)13-7-5-12(15)6-8-13/h5-8,16H,4,9H2,1-3H3. The van der Waals surface area contributed by atoms with Gasteiger partial charge in [0, 0.05) is 24.3 Å². The molecule has 0 aliphatic carbocycles. The van der Waals surface area contributed by atoms with E-state index in [0.717, 1.165) is 35.6 Å². The van der Waals surface area contributed by atoms with Crippen molar-refractivity contribution in [3.63, 3.8) is 0 Å². The summed E-state index contributed by atoms with van der Waals surface area (Å²) in [4.78, 5) is 0.0436. The Morgan fingerprint density at radius 1 is 1.24 bits per heavy atom. The molecule has 7 heteroatoms. The Balaban J connectivity index is 2.19. The van der Waals surface area contributed by atoms with Gasteiger partial charge in [0.25, 0.3) is 0 Å². The van der Waals surface area contributed by atoms with Crippen LogP contribution in [0.4, 0.5) is 4.39 Å². The van der Waals surface area contributed by atoms with Crippen LogP contribution in [0.3, 0.4) is 0 Å². The number of sulfonamides is 1. The van der Waals surface area contributed by atoms with Crippen molar-refractivity contribution in [1.82, 2.24) is 14.5 Å². The monoisotopic (exact) mass is 311 g/mol. The zero-order chi connectivity index (χ0) is 15.6. The lowest BCUT2D eigenvalue weighted by atomic mass is 10.2.